The van der Waals surface area contributed by atoms with Gasteiger partial charge in [0.15, 0.2) is 0 Å². The van der Waals surface area contributed by atoms with E-state index in [1.807, 2.05) is 24.3 Å². The molecular weight excluding hydrogens is 302 g/mol. The SMILES string of the molecule is Cc1ccc(-c2ccc(/C=C/c3c(F)cc(C)cc3F)cc2)cc1. The third kappa shape index (κ3) is 3.60. The molecule has 0 saturated heterocycles. The second-order valence-electron chi connectivity index (χ2n) is 5.96. The molecule has 0 atom stereocenters. The van der Waals surface area contributed by atoms with Crippen molar-refractivity contribution in [1.82, 2.24) is 0 Å². The van der Waals surface area contributed by atoms with Gasteiger partial charge in [0.05, 0.1) is 0 Å². The number of hydrogen-bond acceptors (Lipinski definition) is 0. The molecule has 3 rings (SSSR count). The molecule has 2 heteroatoms. The zero-order chi connectivity index (χ0) is 17.1. The Morgan fingerprint density at radius 3 is 1.67 bits per heavy atom. The molecular formula is C22H18F2. The maximum Gasteiger partial charge on any atom is 0.133 e. The van der Waals surface area contributed by atoms with E-state index in [0.29, 0.717) is 5.56 Å². The van der Waals surface area contributed by atoms with Crippen LogP contribution in [0.5, 0.6) is 0 Å². The van der Waals surface area contributed by atoms with Gasteiger partial charge >= 0.3 is 0 Å². The van der Waals surface area contributed by atoms with E-state index >= 15 is 0 Å². The first-order chi connectivity index (χ1) is 11.5. The second kappa shape index (κ2) is 6.79. The molecule has 0 bridgehead atoms. The van der Waals surface area contributed by atoms with Gasteiger partial charge in [0.2, 0.25) is 0 Å². The fourth-order valence-corrected chi connectivity index (χ4v) is 2.58. The molecule has 0 N–H and O–H groups in total. The maximum absolute atomic E-state index is 13.8. The van der Waals surface area contributed by atoms with Crippen molar-refractivity contribution < 1.29 is 8.78 Å². The molecule has 0 aromatic heterocycles. The molecule has 0 saturated carbocycles. The zero-order valence-electron chi connectivity index (χ0n) is 13.7. The average molecular weight is 320 g/mol. The van der Waals surface area contributed by atoms with Crippen LogP contribution in [0.15, 0.2) is 60.7 Å². The van der Waals surface area contributed by atoms with Crippen LogP contribution >= 0.6 is 0 Å². The number of halogens is 2. The van der Waals surface area contributed by atoms with E-state index in [-0.39, 0.29) is 5.56 Å². The van der Waals surface area contributed by atoms with E-state index in [9.17, 15) is 8.78 Å². The Morgan fingerprint density at radius 1 is 0.625 bits per heavy atom. The van der Waals surface area contributed by atoms with Crippen molar-refractivity contribution in [1.29, 1.82) is 0 Å². The molecule has 0 nitrogen and oxygen atoms in total. The van der Waals surface area contributed by atoms with Crippen LogP contribution < -0.4 is 0 Å². The largest absolute Gasteiger partial charge is 0.206 e. The van der Waals surface area contributed by atoms with E-state index in [2.05, 4.69) is 31.2 Å². The lowest BCUT2D eigenvalue weighted by molar-refractivity contribution is 0.577. The molecule has 0 aliphatic rings. The van der Waals surface area contributed by atoms with Gasteiger partial charge in [-0.05, 0) is 54.3 Å². The zero-order valence-corrected chi connectivity index (χ0v) is 13.7. The summed E-state index contributed by atoms with van der Waals surface area (Å²) in [6, 6.07) is 18.9. The number of aryl methyl sites for hydroxylation is 2. The number of hydrogen-bond donors (Lipinski definition) is 0. The van der Waals surface area contributed by atoms with Crippen LogP contribution in [0.2, 0.25) is 0 Å². The van der Waals surface area contributed by atoms with Gasteiger partial charge in [0.1, 0.15) is 11.6 Å². The van der Waals surface area contributed by atoms with Crippen LogP contribution in [0, 0.1) is 25.5 Å². The highest BCUT2D eigenvalue weighted by atomic mass is 19.1. The van der Waals surface area contributed by atoms with Gasteiger partial charge in [-0.25, -0.2) is 8.78 Å². The summed E-state index contributed by atoms with van der Waals surface area (Å²) in [4.78, 5) is 0. The van der Waals surface area contributed by atoms with Gasteiger partial charge in [0, 0.05) is 5.56 Å². The first-order valence-electron chi connectivity index (χ1n) is 7.84. The van der Waals surface area contributed by atoms with Crippen molar-refractivity contribution in [2.45, 2.75) is 13.8 Å². The molecule has 0 aliphatic heterocycles. The van der Waals surface area contributed by atoms with Crippen LogP contribution in [0.4, 0.5) is 8.78 Å². The van der Waals surface area contributed by atoms with E-state index in [1.54, 1.807) is 13.0 Å². The minimum Gasteiger partial charge on any atom is -0.206 e. The molecule has 24 heavy (non-hydrogen) atoms. The molecule has 3 aromatic carbocycles. The molecule has 0 radical (unpaired) electrons. The molecule has 0 amide bonds. The third-order valence-corrected chi connectivity index (χ3v) is 3.96. The second-order valence-corrected chi connectivity index (χ2v) is 5.96. The quantitative estimate of drug-likeness (QED) is 0.488. The van der Waals surface area contributed by atoms with Crippen molar-refractivity contribution in [3.63, 3.8) is 0 Å². The average Bonchev–Trinajstić information content (AvgIpc) is 2.55. The van der Waals surface area contributed by atoms with Crippen LogP contribution in [-0.4, -0.2) is 0 Å². The highest BCUT2D eigenvalue weighted by Crippen LogP contribution is 2.22. The molecule has 0 unspecified atom stereocenters. The van der Waals surface area contributed by atoms with Crippen molar-refractivity contribution in [2.75, 3.05) is 0 Å². The first kappa shape index (κ1) is 16.1. The smallest absolute Gasteiger partial charge is 0.133 e. The van der Waals surface area contributed by atoms with Gasteiger partial charge in [0.25, 0.3) is 0 Å². The summed E-state index contributed by atoms with van der Waals surface area (Å²) in [5.74, 6) is -1.08. The summed E-state index contributed by atoms with van der Waals surface area (Å²) in [6.07, 6.45) is 3.20. The van der Waals surface area contributed by atoms with Gasteiger partial charge in [-0.3, -0.25) is 0 Å². The highest BCUT2D eigenvalue weighted by Gasteiger charge is 2.06. The summed E-state index contributed by atoms with van der Waals surface area (Å²) in [6.45, 7) is 3.73. The van der Waals surface area contributed by atoms with Crippen LogP contribution in [0.25, 0.3) is 23.3 Å². The summed E-state index contributed by atoms with van der Waals surface area (Å²) >= 11 is 0. The molecule has 3 aromatic rings. The Kier molecular flexibility index (Phi) is 4.57. The van der Waals surface area contributed by atoms with E-state index in [0.717, 1.165) is 16.7 Å². The van der Waals surface area contributed by atoms with Crippen LogP contribution in [0.1, 0.15) is 22.3 Å². The highest BCUT2D eigenvalue weighted by molar-refractivity contribution is 5.72. The standard InChI is InChI=1S/C22H18F2/c1-15-3-8-18(9-4-15)19-10-5-17(6-11-19)7-12-20-21(23)13-16(2)14-22(20)24/h3-14H,1-2H3/b12-7+. The van der Waals surface area contributed by atoms with Gasteiger partial charge in [-0.1, -0.05) is 60.2 Å². The lowest BCUT2D eigenvalue weighted by Gasteiger charge is -2.04. The predicted octanol–water partition coefficient (Wildman–Crippen LogP) is 6.42. The minimum absolute atomic E-state index is 0.0109. The predicted molar refractivity (Wildman–Crippen MR) is 96.6 cm³/mol. The van der Waals surface area contributed by atoms with Crippen LogP contribution in [0.3, 0.4) is 0 Å². The normalized spacial score (nSPS) is 11.2. The molecule has 0 heterocycles. The molecule has 0 fully saturated rings. The van der Waals surface area contributed by atoms with E-state index in [1.165, 1.54) is 23.8 Å². The van der Waals surface area contributed by atoms with Gasteiger partial charge in [-0.15, -0.1) is 0 Å². The summed E-state index contributed by atoms with van der Waals surface area (Å²) in [7, 11) is 0. The number of benzene rings is 3. The first-order valence-corrected chi connectivity index (χ1v) is 7.84. The topological polar surface area (TPSA) is 0 Å². The lowest BCUT2D eigenvalue weighted by Crippen LogP contribution is -1.90. The van der Waals surface area contributed by atoms with Crippen molar-refractivity contribution in [2.24, 2.45) is 0 Å². The van der Waals surface area contributed by atoms with Gasteiger partial charge < -0.3 is 0 Å². The fraction of sp³-hybridized carbons (Fsp3) is 0.0909. The minimum atomic E-state index is -0.542. The maximum atomic E-state index is 13.8. The Bertz CT molecular complexity index is 850. The third-order valence-electron chi connectivity index (χ3n) is 3.96. The van der Waals surface area contributed by atoms with E-state index < -0.39 is 11.6 Å². The summed E-state index contributed by atoms with van der Waals surface area (Å²) < 4.78 is 27.7. The lowest BCUT2D eigenvalue weighted by atomic mass is 10.0. The Labute approximate surface area is 141 Å². The van der Waals surface area contributed by atoms with Crippen molar-refractivity contribution >= 4 is 12.2 Å². The molecule has 0 spiro atoms. The Balaban J connectivity index is 1.83. The Morgan fingerprint density at radius 2 is 1.12 bits per heavy atom. The monoisotopic (exact) mass is 320 g/mol. The van der Waals surface area contributed by atoms with Gasteiger partial charge in [-0.2, -0.15) is 0 Å². The Hall–Kier alpha value is -2.74. The van der Waals surface area contributed by atoms with Crippen molar-refractivity contribution in [3.05, 3.63) is 94.6 Å². The van der Waals surface area contributed by atoms with Crippen LogP contribution in [-0.2, 0) is 0 Å². The summed E-state index contributed by atoms with van der Waals surface area (Å²) in [5.41, 5.74) is 4.94. The number of rotatable bonds is 3. The van der Waals surface area contributed by atoms with E-state index in [4.69, 9.17) is 0 Å². The molecule has 120 valence electrons. The fourth-order valence-electron chi connectivity index (χ4n) is 2.58. The summed E-state index contributed by atoms with van der Waals surface area (Å²) in [5, 5.41) is 0. The molecule has 0 aliphatic carbocycles. The van der Waals surface area contributed by atoms with Crippen molar-refractivity contribution in [3.8, 4) is 11.1 Å².